The Morgan fingerprint density at radius 2 is 2.17 bits per heavy atom. The third-order valence-corrected chi connectivity index (χ3v) is 2.71. The monoisotopic (exact) mass is 258 g/mol. The van der Waals surface area contributed by atoms with Crippen LogP contribution < -0.4 is 4.74 Å². The molecule has 0 fully saturated rings. The summed E-state index contributed by atoms with van der Waals surface area (Å²) in [6, 6.07) is 11.0. The fourth-order valence-corrected chi connectivity index (χ4v) is 1.79. The van der Waals surface area contributed by atoms with E-state index < -0.39 is 0 Å². The van der Waals surface area contributed by atoms with Crippen LogP contribution in [0.3, 0.4) is 0 Å². The smallest absolute Gasteiger partial charge is 0.140 e. The van der Waals surface area contributed by atoms with Crippen molar-refractivity contribution in [3.8, 4) is 11.8 Å². The first-order valence-corrected chi connectivity index (χ1v) is 5.81. The molecule has 0 aliphatic carbocycles. The average Bonchev–Trinajstić information content (AvgIpc) is 2.38. The van der Waals surface area contributed by atoms with Gasteiger partial charge in [-0.2, -0.15) is 5.26 Å². The SMILES string of the molecule is Cc1cc(Cl)ccc1OCc1ccnc(C#N)c1. The maximum Gasteiger partial charge on any atom is 0.140 e. The zero-order chi connectivity index (χ0) is 13.0. The third kappa shape index (κ3) is 2.99. The molecule has 0 unspecified atom stereocenters. The van der Waals surface area contributed by atoms with Crippen LogP contribution in [0.25, 0.3) is 0 Å². The summed E-state index contributed by atoms with van der Waals surface area (Å²) >= 11 is 5.87. The molecule has 1 aromatic heterocycles. The topological polar surface area (TPSA) is 45.9 Å². The highest BCUT2D eigenvalue weighted by Crippen LogP contribution is 2.22. The number of aromatic nitrogens is 1. The Hall–Kier alpha value is -2.05. The van der Waals surface area contributed by atoms with E-state index in [-0.39, 0.29) is 0 Å². The molecule has 0 spiro atoms. The Kier molecular flexibility index (Phi) is 3.81. The quantitative estimate of drug-likeness (QED) is 0.847. The van der Waals surface area contributed by atoms with Gasteiger partial charge in [-0.15, -0.1) is 0 Å². The van der Waals surface area contributed by atoms with Gasteiger partial charge < -0.3 is 4.74 Å². The first kappa shape index (κ1) is 12.4. The highest BCUT2D eigenvalue weighted by molar-refractivity contribution is 6.30. The van der Waals surface area contributed by atoms with Gasteiger partial charge in [0, 0.05) is 11.2 Å². The molecule has 0 saturated carbocycles. The summed E-state index contributed by atoms with van der Waals surface area (Å²) < 4.78 is 5.68. The van der Waals surface area contributed by atoms with Crippen molar-refractivity contribution in [2.75, 3.05) is 0 Å². The number of pyridine rings is 1. The van der Waals surface area contributed by atoms with Gasteiger partial charge in [-0.1, -0.05) is 11.6 Å². The van der Waals surface area contributed by atoms with Crippen LogP contribution in [0, 0.1) is 18.3 Å². The van der Waals surface area contributed by atoms with Crippen LogP contribution >= 0.6 is 11.6 Å². The number of hydrogen-bond donors (Lipinski definition) is 0. The van der Waals surface area contributed by atoms with Crippen molar-refractivity contribution in [3.63, 3.8) is 0 Å². The maximum atomic E-state index is 8.75. The average molecular weight is 259 g/mol. The van der Waals surface area contributed by atoms with E-state index in [0.717, 1.165) is 16.9 Å². The van der Waals surface area contributed by atoms with Crippen LogP contribution in [0.15, 0.2) is 36.5 Å². The predicted molar refractivity (Wildman–Crippen MR) is 69.5 cm³/mol. The highest BCUT2D eigenvalue weighted by atomic mass is 35.5. The van der Waals surface area contributed by atoms with Crippen molar-refractivity contribution in [3.05, 3.63) is 58.4 Å². The molecule has 0 radical (unpaired) electrons. The van der Waals surface area contributed by atoms with E-state index in [1.165, 1.54) is 0 Å². The molecule has 0 saturated heterocycles. The summed E-state index contributed by atoms with van der Waals surface area (Å²) in [6.07, 6.45) is 1.60. The van der Waals surface area contributed by atoms with Gasteiger partial charge in [0.1, 0.15) is 24.1 Å². The van der Waals surface area contributed by atoms with E-state index in [1.54, 1.807) is 18.3 Å². The van der Waals surface area contributed by atoms with Crippen LogP contribution in [0.1, 0.15) is 16.8 Å². The van der Waals surface area contributed by atoms with Crippen molar-refractivity contribution >= 4 is 11.6 Å². The van der Waals surface area contributed by atoms with Crippen molar-refractivity contribution in [2.24, 2.45) is 0 Å². The zero-order valence-corrected chi connectivity index (χ0v) is 10.6. The van der Waals surface area contributed by atoms with Gasteiger partial charge in [0.15, 0.2) is 0 Å². The molecule has 2 aromatic rings. The number of nitriles is 1. The fourth-order valence-electron chi connectivity index (χ4n) is 1.56. The van der Waals surface area contributed by atoms with Crippen LogP contribution in [0.5, 0.6) is 5.75 Å². The molecule has 0 amide bonds. The van der Waals surface area contributed by atoms with E-state index in [0.29, 0.717) is 17.3 Å². The van der Waals surface area contributed by atoms with Crippen molar-refractivity contribution in [2.45, 2.75) is 13.5 Å². The normalized spacial score (nSPS) is 9.83. The van der Waals surface area contributed by atoms with Gasteiger partial charge in [-0.25, -0.2) is 4.98 Å². The zero-order valence-electron chi connectivity index (χ0n) is 9.85. The molecule has 2 rings (SSSR count). The van der Waals surface area contributed by atoms with Crippen LogP contribution in [0.4, 0.5) is 0 Å². The summed E-state index contributed by atoms with van der Waals surface area (Å²) in [5, 5.41) is 9.44. The van der Waals surface area contributed by atoms with E-state index in [1.807, 2.05) is 31.2 Å². The Labute approximate surface area is 111 Å². The Bertz CT molecular complexity index is 605. The molecule has 4 heteroatoms. The lowest BCUT2D eigenvalue weighted by Gasteiger charge is -2.09. The number of halogens is 1. The predicted octanol–water partition coefficient (Wildman–Crippen LogP) is 3.49. The lowest BCUT2D eigenvalue weighted by atomic mass is 10.2. The molecule has 0 aliphatic rings. The summed E-state index contributed by atoms with van der Waals surface area (Å²) in [4.78, 5) is 3.91. The maximum absolute atomic E-state index is 8.75. The Morgan fingerprint density at radius 3 is 2.89 bits per heavy atom. The standard InChI is InChI=1S/C14H11ClN2O/c1-10-6-12(15)2-3-14(10)18-9-11-4-5-17-13(7-11)8-16/h2-7H,9H2,1H3. The van der Waals surface area contributed by atoms with E-state index in [2.05, 4.69) is 4.98 Å². The number of rotatable bonds is 3. The number of ether oxygens (including phenoxy) is 1. The van der Waals surface area contributed by atoms with Crippen LogP contribution in [-0.4, -0.2) is 4.98 Å². The van der Waals surface area contributed by atoms with Gasteiger partial charge in [0.25, 0.3) is 0 Å². The molecule has 1 aromatic carbocycles. The lowest BCUT2D eigenvalue weighted by Crippen LogP contribution is -1.98. The third-order valence-electron chi connectivity index (χ3n) is 2.47. The molecule has 0 bridgehead atoms. The Morgan fingerprint density at radius 1 is 1.33 bits per heavy atom. The number of benzene rings is 1. The van der Waals surface area contributed by atoms with E-state index >= 15 is 0 Å². The first-order valence-electron chi connectivity index (χ1n) is 5.43. The number of aryl methyl sites for hydroxylation is 1. The molecular weight excluding hydrogens is 248 g/mol. The molecule has 18 heavy (non-hydrogen) atoms. The molecule has 0 aliphatic heterocycles. The number of hydrogen-bond acceptors (Lipinski definition) is 3. The first-order chi connectivity index (χ1) is 8.69. The molecular formula is C14H11ClN2O. The van der Waals surface area contributed by atoms with Crippen molar-refractivity contribution < 1.29 is 4.74 Å². The highest BCUT2D eigenvalue weighted by Gasteiger charge is 2.02. The summed E-state index contributed by atoms with van der Waals surface area (Å²) in [5.41, 5.74) is 2.29. The van der Waals surface area contributed by atoms with Crippen LogP contribution in [0.2, 0.25) is 5.02 Å². The second-order valence-electron chi connectivity index (χ2n) is 3.86. The molecule has 90 valence electrons. The summed E-state index contributed by atoms with van der Waals surface area (Å²) in [7, 11) is 0. The minimum atomic E-state index is 0.393. The van der Waals surface area contributed by atoms with Crippen LogP contribution in [-0.2, 0) is 6.61 Å². The van der Waals surface area contributed by atoms with E-state index in [4.69, 9.17) is 21.6 Å². The molecule has 0 N–H and O–H groups in total. The second kappa shape index (κ2) is 5.52. The van der Waals surface area contributed by atoms with Gasteiger partial charge >= 0.3 is 0 Å². The summed E-state index contributed by atoms with van der Waals surface area (Å²) in [6.45, 7) is 2.34. The number of nitrogens with zero attached hydrogens (tertiary/aromatic N) is 2. The largest absolute Gasteiger partial charge is 0.489 e. The molecule has 0 atom stereocenters. The Balaban J connectivity index is 2.09. The van der Waals surface area contributed by atoms with Crippen molar-refractivity contribution in [1.29, 1.82) is 5.26 Å². The van der Waals surface area contributed by atoms with Gasteiger partial charge in [-0.05, 0) is 48.4 Å². The lowest BCUT2D eigenvalue weighted by molar-refractivity contribution is 0.304. The summed E-state index contributed by atoms with van der Waals surface area (Å²) in [5.74, 6) is 0.787. The fraction of sp³-hybridized carbons (Fsp3) is 0.143. The van der Waals surface area contributed by atoms with E-state index in [9.17, 15) is 0 Å². The second-order valence-corrected chi connectivity index (χ2v) is 4.30. The molecule has 3 nitrogen and oxygen atoms in total. The minimum Gasteiger partial charge on any atom is -0.489 e. The van der Waals surface area contributed by atoms with Gasteiger partial charge in [-0.3, -0.25) is 0 Å². The van der Waals surface area contributed by atoms with Gasteiger partial charge in [0.05, 0.1) is 0 Å². The molecule has 1 heterocycles. The van der Waals surface area contributed by atoms with Gasteiger partial charge in [0.2, 0.25) is 0 Å². The minimum absolute atomic E-state index is 0.393. The van der Waals surface area contributed by atoms with Crippen molar-refractivity contribution in [1.82, 2.24) is 4.98 Å².